The van der Waals surface area contributed by atoms with Crippen molar-refractivity contribution in [1.82, 2.24) is 19.9 Å². The lowest BCUT2D eigenvalue weighted by Crippen LogP contribution is -2.34. The van der Waals surface area contributed by atoms with Crippen LogP contribution >= 0.6 is 0 Å². The molecule has 1 unspecified atom stereocenters. The Morgan fingerprint density at radius 2 is 2.00 bits per heavy atom. The molecule has 0 radical (unpaired) electrons. The van der Waals surface area contributed by atoms with E-state index in [0.717, 1.165) is 5.69 Å². The topological polar surface area (TPSA) is 88.3 Å². The van der Waals surface area contributed by atoms with Crippen LogP contribution in [0.15, 0.2) is 36.7 Å². The molecule has 7 nitrogen and oxygen atoms in total. The molecular weight excluding hydrogens is 284 g/mol. The van der Waals surface area contributed by atoms with E-state index in [-0.39, 0.29) is 12.5 Å². The van der Waals surface area contributed by atoms with Gasteiger partial charge in [0, 0.05) is 18.7 Å². The fourth-order valence-electron chi connectivity index (χ4n) is 2.59. The number of carbonyl (C=O) groups excluding carboxylic acids is 1. The van der Waals surface area contributed by atoms with E-state index >= 15 is 0 Å². The maximum Gasteiger partial charge on any atom is 0.311 e. The van der Waals surface area contributed by atoms with Crippen LogP contribution in [-0.4, -0.2) is 50.0 Å². The normalized spacial score (nSPS) is 21.0. The van der Waals surface area contributed by atoms with Crippen LogP contribution in [0, 0.1) is 5.41 Å². The molecule has 1 aliphatic heterocycles. The van der Waals surface area contributed by atoms with Gasteiger partial charge in [-0.25, -0.2) is 4.68 Å². The summed E-state index contributed by atoms with van der Waals surface area (Å²) in [5.41, 5.74) is 0.500. The van der Waals surface area contributed by atoms with E-state index in [1.807, 2.05) is 0 Å². The Kier molecular flexibility index (Phi) is 3.40. The molecule has 0 bridgehead atoms. The van der Waals surface area contributed by atoms with Gasteiger partial charge in [0.1, 0.15) is 0 Å². The van der Waals surface area contributed by atoms with Gasteiger partial charge in [0.05, 0.1) is 23.5 Å². The Bertz CT molecular complexity index is 696. The largest absolute Gasteiger partial charge is 0.481 e. The van der Waals surface area contributed by atoms with Crippen LogP contribution in [0.1, 0.15) is 23.7 Å². The molecule has 1 aliphatic rings. The Hall–Kier alpha value is -2.70. The van der Waals surface area contributed by atoms with Crippen molar-refractivity contribution in [2.45, 2.75) is 13.3 Å². The zero-order valence-corrected chi connectivity index (χ0v) is 12.1. The lowest BCUT2D eigenvalue weighted by atomic mass is 9.90. The minimum atomic E-state index is -0.857. The third-order valence-corrected chi connectivity index (χ3v) is 4.08. The first kappa shape index (κ1) is 14.2. The fourth-order valence-corrected chi connectivity index (χ4v) is 2.59. The van der Waals surface area contributed by atoms with Gasteiger partial charge in [-0.05, 0) is 37.6 Å². The summed E-state index contributed by atoms with van der Waals surface area (Å²) in [4.78, 5) is 25.3. The van der Waals surface area contributed by atoms with Crippen molar-refractivity contribution < 1.29 is 14.7 Å². The van der Waals surface area contributed by atoms with Crippen molar-refractivity contribution in [2.24, 2.45) is 5.41 Å². The number of aromatic nitrogens is 3. The summed E-state index contributed by atoms with van der Waals surface area (Å²) >= 11 is 0. The van der Waals surface area contributed by atoms with Gasteiger partial charge in [-0.3, -0.25) is 9.59 Å². The summed E-state index contributed by atoms with van der Waals surface area (Å²) in [5, 5.41) is 16.8. The fraction of sp³-hybridized carbons (Fsp3) is 0.333. The Labute approximate surface area is 127 Å². The second kappa shape index (κ2) is 5.25. The van der Waals surface area contributed by atoms with Gasteiger partial charge < -0.3 is 10.0 Å². The lowest BCUT2D eigenvalue weighted by molar-refractivity contribution is -0.147. The van der Waals surface area contributed by atoms with Gasteiger partial charge in [-0.15, -0.1) is 5.10 Å². The monoisotopic (exact) mass is 300 g/mol. The van der Waals surface area contributed by atoms with Crippen LogP contribution in [0.5, 0.6) is 0 Å². The molecule has 0 spiro atoms. The second-order valence-corrected chi connectivity index (χ2v) is 5.74. The first-order valence-electron chi connectivity index (χ1n) is 6.99. The molecule has 22 heavy (non-hydrogen) atoms. The standard InChI is InChI=1S/C15H16N4O3/c1-15(14(21)22)6-8-18(10-15)13(20)11-2-4-12(5-3-11)19-9-7-16-17-19/h2-5,7,9H,6,8,10H2,1H3,(H,21,22). The first-order chi connectivity index (χ1) is 10.5. The summed E-state index contributed by atoms with van der Waals surface area (Å²) in [6, 6.07) is 7.01. The smallest absolute Gasteiger partial charge is 0.311 e. The van der Waals surface area contributed by atoms with Crippen molar-refractivity contribution in [3.05, 3.63) is 42.2 Å². The maximum absolute atomic E-state index is 12.5. The third-order valence-electron chi connectivity index (χ3n) is 4.08. The Morgan fingerprint density at radius 1 is 1.27 bits per heavy atom. The minimum absolute atomic E-state index is 0.143. The molecule has 114 valence electrons. The zero-order chi connectivity index (χ0) is 15.7. The summed E-state index contributed by atoms with van der Waals surface area (Å²) < 4.78 is 1.60. The highest BCUT2D eigenvalue weighted by molar-refractivity contribution is 5.95. The summed E-state index contributed by atoms with van der Waals surface area (Å²) in [6.45, 7) is 2.38. The average Bonchev–Trinajstić information content (AvgIpc) is 3.17. The molecular formula is C15H16N4O3. The summed E-state index contributed by atoms with van der Waals surface area (Å²) in [5.74, 6) is -1.00. The highest BCUT2D eigenvalue weighted by Gasteiger charge is 2.42. The molecule has 1 fully saturated rings. The number of carbonyl (C=O) groups is 2. The molecule has 2 heterocycles. The van der Waals surface area contributed by atoms with Crippen molar-refractivity contribution in [3.8, 4) is 5.69 Å². The molecule has 2 aromatic rings. The van der Waals surface area contributed by atoms with Gasteiger partial charge in [-0.2, -0.15) is 0 Å². The second-order valence-electron chi connectivity index (χ2n) is 5.74. The predicted molar refractivity (Wildman–Crippen MR) is 77.6 cm³/mol. The van der Waals surface area contributed by atoms with E-state index in [2.05, 4.69) is 10.3 Å². The molecule has 1 amide bonds. The highest BCUT2D eigenvalue weighted by atomic mass is 16.4. The van der Waals surface area contributed by atoms with Crippen LogP contribution in [0.4, 0.5) is 0 Å². The van der Waals surface area contributed by atoms with Gasteiger partial charge >= 0.3 is 5.97 Å². The van der Waals surface area contributed by atoms with Crippen molar-refractivity contribution >= 4 is 11.9 Å². The molecule has 1 atom stereocenters. The first-order valence-corrected chi connectivity index (χ1v) is 6.99. The quantitative estimate of drug-likeness (QED) is 0.920. The number of benzene rings is 1. The highest BCUT2D eigenvalue weighted by Crippen LogP contribution is 2.31. The molecule has 1 saturated heterocycles. The number of amides is 1. The van der Waals surface area contributed by atoms with Crippen molar-refractivity contribution in [3.63, 3.8) is 0 Å². The average molecular weight is 300 g/mol. The molecule has 3 rings (SSSR count). The van der Waals surface area contributed by atoms with Crippen LogP contribution in [0.25, 0.3) is 5.69 Å². The van der Waals surface area contributed by atoms with Crippen LogP contribution < -0.4 is 0 Å². The maximum atomic E-state index is 12.5. The predicted octanol–water partition coefficient (Wildman–Crippen LogP) is 1.20. The number of likely N-dealkylation sites (tertiary alicyclic amines) is 1. The van der Waals surface area contributed by atoms with E-state index in [4.69, 9.17) is 0 Å². The summed E-state index contributed by atoms with van der Waals surface area (Å²) in [6.07, 6.45) is 3.77. The number of nitrogens with zero attached hydrogens (tertiary/aromatic N) is 4. The SMILES string of the molecule is CC1(C(=O)O)CCN(C(=O)c2ccc(-n3ccnn3)cc2)C1. The Balaban J connectivity index is 1.75. The van der Waals surface area contributed by atoms with Crippen molar-refractivity contribution in [2.75, 3.05) is 13.1 Å². The molecule has 7 heteroatoms. The van der Waals surface area contributed by atoms with Crippen molar-refractivity contribution in [1.29, 1.82) is 0 Å². The van der Waals surface area contributed by atoms with Gasteiger partial charge in [-0.1, -0.05) is 5.21 Å². The number of carboxylic acid groups (broad SMARTS) is 1. The van der Waals surface area contributed by atoms with E-state index in [1.54, 1.807) is 53.2 Å². The van der Waals surface area contributed by atoms with E-state index < -0.39 is 11.4 Å². The van der Waals surface area contributed by atoms with Crippen LogP contribution in [0.3, 0.4) is 0 Å². The number of rotatable bonds is 3. The van der Waals surface area contributed by atoms with E-state index in [9.17, 15) is 14.7 Å². The van der Waals surface area contributed by atoms with Crippen LogP contribution in [0.2, 0.25) is 0 Å². The molecule has 1 N–H and O–H groups in total. The lowest BCUT2D eigenvalue weighted by Gasteiger charge is -2.20. The number of aliphatic carboxylic acids is 1. The minimum Gasteiger partial charge on any atom is -0.481 e. The zero-order valence-electron chi connectivity index (χ0n) is 12.1. The third kappa shape index (κ3) is 2.45. The number of carboxylic acids is 1. The van der Waals surface area contributed by atoms with Gasteiger partial charge in [0.2, 0.25) is 0 Å². The Morgan fingerprint density at radius 3 is 2.55 bits per heavy atom. The molecule has 0 aliphatic carbocycles. The molecule has 1 aromatic heterocycles. The molecule has 1 aromatic carbocycles. The number of hydrogen-bond acceptors (Lipinski definition) is 4. The van der Waals surface area contributed by atoms with E-state index in [1.165, 1.54) is 0 Å². The molecule has 0 saturated carbocycles. The van der Waals surface area contributed by atoms with E-state index in [0.29, 0.717) is 18.5 Å². The van der Waals surface area contributed by atoms with Crippen LogP contribution in [-0.2, 0) is 4.79 Å². The summed E-state index contributed by atoms with van der Waals surface area (Å²) in [7, 11) is 0. The van der Waals surface area contributed by atoms with Gasteiger partial charge in [0.25, 0.3) is 5.91 Å². The van der Waals surface area contributed by atoms with Gasteiger partial charge in [0.15, 0.2) is 0 Å². The number of hydrogen-bond donors (Lipinski definition) is 1.